The number of hydrogen-bond acceptors (Lipinski definition) is 6. The fourth-order valence-corrected chi connectivity index (χ4v) is 7.28. The summed E-state index contributed by atoms with van der Waals surface area (Å²) in [6, 6.07) is 44.2. The van der Waals surface area contributed by atoms with Crippen molar-refractivity contribution in [1.29, 1.82) is 0 Å². The lowest BCUT2D eigenvalue weighted by atomic mass is 9.98. The van der Waals surface area contributed by atoms with Crippen LogP contribution in [0.4, 0.5) is 34.1 Å². The summed E-state index contributed by atoms with van der Waals surface area (Å²) in [6.07, 6.45) is 1.91. The Labute approximate surface area is 349 Å². The molecule has 306 valence electrons. The van der Waals surface area contributed by atoms with Gasteiger partial charge in [0.1, 0.15) is 0 Å². The number of carbonyl (C=O) groups is 4. The lowest BCUT2D eigenvalue weighted by molar-refractivity contribution is -0.138. The van der Waals surface area contributed by atoms with Crippen molar-refractivity contribution in [2.24, 2.45) is 0 Å². The maximum atomic E-state index is 11.2. The van der Waals surface area contributed by atoms with E-state index in [0.29, 0.717) is 25.7 Å². The smallest absolute Gasteiger partial charge is 0.303 e. The van der Waals surface area contributed by atoms with Gasteiger partial charge in [-0.3, -0.25) is 19.2 Å². The molecule has 0 aliphatic rings. The van der Waals surface area contributed by atoms with Crippen LogP contribution in [0.1, 0.15) is 59.1 Å². The summed E-state index contributed by atoms with van der Waals surface area (Å²) in [7, 11) is 0. The number of nitrogens with zero attached hydrogens (tertiary/aromatic N) is 2. The number of rotatable bonds is 19. The molecule has 0 aromatic heterocycles. The number of aryl methyl sites for hydroxylation is 6. The summed E-state index contributed by atoms with van der Waals surface area (Å²) in [5, 5.41) is 36.8. The van der Waals surface area contributed by atoms with E-state index in [1.54, 1.807) is 0 Å². The van der Waals surface area contributed by atoms with Crippen LogP contribution in [0.15, 0.2) is 133 Å². The molecule has 0 fully saturated rings. The van der Waals surface area contributed by atoms with Crippen LogP contribution < -0.4 is 9.80 Å². The van der Waals surface area contributed by atoms with E-state index in [4.69, 9.17) is 0 Å². The Balaban J connectivity index is 1.33. The average molecular weight is 805 g/mol. The Morgan fingerprint density at radius 2 is 0.600 bits per heavy atom. The Morgan fingerprint density at radius 1 is 0.367 bits per heavy atom. The SMILES string of the molecule is Cc1cc(-c2ccc(N(c3ccc(CCC(=O)O)cc3)c3ccc(CCC(=O)O)cc3)c(C)c2)ccc1N(c1ccc(CCC(=O)O)cc1)c1ccc(CCC(=O)O)cc1. The average Bonchev–Trinajstić information content (AvgIpc) is 3.23. The minimum absolute atomic E-state index is 0.0481. The molecule has 60 heavy (non-hydrogen) atoms. The summed E-state index contributed by atoms with van der Waals surface area (Å²) < 4.78 is 0. The lowest BCUT2D eigenvalue weighted by Gasteiger charge is -2.28. The van der Waals surface area contributed by atoms with E-state index in [-0.39, 0.29) is 25.7 Å². The molecule has 4 N–H and O–H groups in total. The van der Waals surface area contributed by atoms with Gasteiger partial charge in [-0.05, 0) is 157 Å². The van der Waals surface area contributed by atoms with Gasteiger partial charge in [0.15, 0.2) is 0 Å². The van der Waals surface area contributed by atoms with E-state index in [2.05, 4.69) is 60.0 Å². The molecule has 0 spiro atoms. The monoisotopic (exact) mass is 804 g/mol. The van der Waals surface area contributed by atoms with Gasteiger partial charge in [0.05, 0.1) is 0 Å². The van der Waals surface area contributed by atoms with Crippen LogP contribution in [-0.2, 0) is 44.9 Å². The van der Waals surface area contributed by atoms with Gasteiger partial charge in [-0.1, -0.05) is 60.7 Å². The van der Waals surface area contributed by atoms with Crippen LogP contribution in [0.2, 0.25) is 0 Å². The molecule has 0 radical (unpaired) electrons. The van der Waals surface area contributed by atoms with Crippen LogP contribution in [0, 0.1) is 13.8 Å². The van der Waals surface area contributed by atoms with Crippen LogP contribution in [0.5, 0.6) is 0 Å². The molecule has 0 aliphatic heterocycles. The quantitative estimate of drug-likeness (QED) is 0.0621. The highest BCUT2D eigenvalue weighted by Gasteiger charge is 2.19. The van der Waals surface area contributed by atoms with Gasteiger partial charge < -0.3 is 30.2 Å². The zero-order chi connectivity index (χ0) is 42.8. The van der Waals surface area contributed by atoms with E-state index in [9.17, 15) is 39.6 Å². The predicted octanol–water partition coefficient (Wildman–Crippen LogP) is 11.0. The zero-order valence-corrected chi connectivity index (χ0v) is 33.7. The van der Waals surface area contributed by atoms with E-state index in [1.165, 1.54) is 0 Å². The molecule has 0 amide bonds. The van der Waals surface area contributed by atoms with E-state index in [0.717, 1.165) is 78.6 Å². The molecular weight excluding hydrogens is 757 g/mol. The summed E-state index contributed by atoms with van der Waals surface area (Å²) >= 11 is 0. The third-order valence-electron chi connectivity index (χ3n) is 10.5. The molecule has 0 saturated carbocycles. The van der Waals surface area contributed by atoms with Crippen molar-refractivity contribution < 1.29 is 39.6 Å². The van der Waals surface area contributed by atoms with E-state index in [1.807, 2.05) is 97.1 Å². The summed E-state index contributed by atoms with van der Waals surface area (Å²) in [5.41, 5.74) is 13.3. The van der Waals surface area contributed by atoms with E-state index < -0.39 is 23.9 Å². The van der Waals surface area contributed by atoms with Crippen molar-refractivity contribution in [2.75, 3.05) is 9.80 Å². The Hall–Kier alpha value is -7.20. The van der Waals surface area contributed by atoms with Gasteiger partial charge in [-0.15, -0.1) is 0 Å². The van der Waals surface area contributed by atoms with Gasteiger partial charge in [-0.25, -0.2) is 0 Å². The molecule has 6 rings (SSSR count). The second kappa shape index (κ2) is 19.5. The lowest BCUT2D eigenvalue weighted by Crippen LogP contribution is -2.12. The second-order valence-corrected chi connectivity index (χ2v) is 14.9. The van der Waals surface area contributed by atoms with Gasteiger partial charge in [0.25, 0.3) is 0 Å². The second-order valence-electron chi connectivity index (χ2n) is 14.9. The molecule has 0 bridgehead atoms. The highest BCUT2D eigenvalue weighted by atomic mass is 16.4. The number of anilines is 6. The zero-order valence-electron chi connectivity index (χ0n) is 33.7. The number of benzene rings is 6. The van der Waals surface area contributed by atoms with Crippen molar-refractivity contribution in [3.63, 3.8) is 0 Å². The fraction of sp³-hybridized carbons (Fsp3) is 0.200. The normalized spacial score (nSPS) is 10.9. The maximum absolute atomic E-state index is 11.2. The molecule has 0 saturated heterocycles. The molecule has 0 heterocycles. The van der Waals surface area contributed by atoms with Gasteiger partial charge >= 0.3 is 23.9 Å². The first-order valence-electron chi connectivity index (χ1n) is 19.9. The summed E-state index contributed by atoms with van der Waals surface area (Å²) in [5.74, 6) is -3.38. The first kappa shape index (κ1) is 42.4. The molecule has 10 heteroatoms. The standard InChI is InChI=1S/C50H48N2O8/c1-33-31-39(15-25-45(33)51(41-17-3-35(4-18-41)11-27-47(53)54)42-19-5-36(6-20-42)12-28-48(55)56)40-16-26-46(34(2)32-40)52(43-21-7-37(8-22-43)13-29-49(57)58)44-23-9-38(10-24-44)14-30-50(59)60/h3-10,15-26,31-32H,11-14,27-30H2,1-2H3,(H,53,54)(H,55,56)(H,57,58)(H,59,60). The van der Waals surface area contributed by atoms with Gasteiger partial charge in [0, 0.05) is 59.8 Å². The van der Waals surface area contributed by atoms with Crippen LogP contribution in [0.3, 0.4) is 0 Å². The minimum Gasteiger partial charge on any atom is -0.481 e. The summed E-state index contributed by atoms with van der Waals surface area (Å²) in [4.78, 5) is 49.1. The molecule has 10 nitrogen and oxygen atoms in total. The van der Waals surface area contributed by atoms with E-state index >= 15 is 0 Å². The van der Waals surface area contributed by atoms with Crippen LogP contribution >= 0.6 is 0 Å². The third-order valence-corrected chi connectivity index (χ3v) is 10.5. The molecule has 6 aromatic carbocycles. The molecular formula is C50H48N2O8. The maximum Gasteiger partial charge on any atom is 0.303 e. The minimum atomic E-state index is -0.844. The van der Waals surface area contributed by atoms with Crippen molar-refractivity contribution >= 4 is 58.0 Å². The third kappa shape index (κ3) is 11.0. The van der Waals surface area contributed by atoms with Gasteiger partial charge in [-0.2, -0.15) is 0 Å². The molecule has 6 aromatic rings. The van der Waals surface area contributed by atoms with Crippen LogP contribution in [0.25, 0.3) is 11.1 Å². The largest absolute Gasteiger partial charge is 0.481 e. The van der Waals surface area contributed by atoms with Crippen molar-refractivity contribution in [3.05, 3.63) is 167 Å². The highest BCUT2D eigenvalue weighted by Crippen LogP contribution is 2.41. The number of hydrogen-bond donors (Lipinski definition) is 4. The topological polar surface area (TPSA) is 156 Å². The van der Waals surface area contributed by atoms with Crippen molar-refractivity contribution in [2.45, 2.75) is 65.2 Å². The first-order valence-corrected chi connectivity index (χ1v) is 19.9. The molecule has 0 aliphatic carbocycles. The molecule has 0 unspecified atom stereocenters. The first-order chi connectivity index (χ1) is 28.8. The number of carboxylic acids is 4. The van der Waals surface area contributed by atoms with Crippen molar-refractivity contribution in [3.8, 4) is 11.1 Å². The fourth-order valence-electron chi connectivity index (χ4n) is 7.28. The highest BCUT2D eigenvalue weighted by molar-refractivity contribution is 5.83. The summed E-state index contributed by atoms with van der Waals surface area (Å²) in [6.45, 7) is 4.13. The Kier molecular flexibility index (Phi) is 13.8. The number of aliphatic carboxylic acids is 4. The Morgan fingerprint density at radius 3 is 0.800 bits per heavy atom. The predicted molar refractivity (Wildman–Crippen MR) is 235 cm³/mol. The van der Waals surface area contributed by atoms with Crippen LogP contribution in [-0.4, -0.2) is 44.3 Å². The number of carboxylic acid groups (broad SMARTS) is 4. The van der Waals surface area contributed by atoms with Crippen molar-refractivity contribution in [1.82, 2.24) is 0 Å². The molecule has 0 atom stereocenters. The Bertz CT molecular complexity index is 2160. The van der Waals surface area contributed by atoms with Gasteiger partial charge in [0.2, 0.25) is 0 Å².